The van der Waals surface area contributed by atoms with Crippen LogP contribution < -0.4 is 0 Å². The van der Waals surface area contributed by atoms with Crippen LogP contribution in [0.4, 0.5) is 0 Å². The quantitative estimate of drug-likeness (QED) is 0.555. The zero-order valence-electron chi connectivity index (χ0n) is 8.03. The van der Waals surface area contributed by atoms with Gasteiger partial charge < -0.3 is 5.11 Å². The van der Waals surface area contributed by atoms with Gasteiger partial charge >= 0.3 is 5.97 Å². The molecule has 1 aliphatic carbocycles. The molecule has 0 aliphatic heterocycles. The number of carbonyl (C=O) groups is 1. The fourth-order valence-corrected chi connectivity index (χ4v) is 1.93. The Labute approximate surface area is 87.3 Å². The molecule has 0 atom stereocenters. The van der Waals surface area contributed by atoms with Gasteiger partial charge in [0.15, 0.2) is 0 Å². The van der Waals surface area contributed by atoms with E-state index in [-0.39, 0.29) is 5.57 Å². The maximum absolute atomic E-state index is 10.8. The minimum Gasteiger partial charge on any atom is -0.477 e. The molecule has 3 heteroatoms. The SMILES string of the molecule is N#C/C(C(=O)O)=C1\CCc2ccccc21. The Hall–Kier alpha value is -2.08. The van der Waals surface area contributed by atoms with Crippen molar-refractivity contribution in [1.29, 1.82) is 5.26 Å². The van der Waals surface area contributed by atoms with Crippen molar-refractivity contribution in [2.24, 2.45) is 0 Å². The first-order valence-corrected chi connectivity index (χ1v) is 4.69. The van der Waals surface area contributed by atoms with Crippen LogP contribution in [0.5, 0.6) is 0 Å². The van der Waals surface area contributed by atoms with Crippen molar-refractivity contribution in [3.05, 3.63) is 41.0 Å². The van der Waals surface area contributed by atoms with Crippen LogP contribution in [0, 0.1) is 11.3 Å². The lowest BCUT2D eigenvalue weighted by molar-refractivity contribution is -0.132. The second-order valence-electron chi connectivity index (χ2n) is 3.43. The molecule has 0 heterocycles. The summed E-state index contributed by atoms with van der Waals surface area (Å²) in [4.78, 5) is 10.8. The number of fused-ring (bicyclic) bond motifs is 1. The second kappa shape index (κ2) is 3.58. The highest BCUT2D eigenvalue weighted by atomic mass is 16.4. The van der Waals surface area contributed by atoms with E-state index < -0.39 is 5.97 Å². The number of nitrogens with zero attached hydrogens (tertiary/aromatic N) is 1. The molecule has 1 aliphatic rings. The lowest BCUT2D eigenvalue weighted by atomic mass is 10.0. The molecule has 0 amide bonds. The van der Waals surface area contributed by atoms with Crippen LogP contribution in [-0.2, 0) is 11.2 Å². The summed E-state index contributed by atoms with van der Waals surface area (Å²) in [5, 5.41) is 17.7. The smallest absolute Gasteiger partial charge is 0.346 e. The van der Waals surface area contributed by atoms with Gasteiger partial charge in [0.1, 0.15) is 11.6 Å². The Morgan fingerprint density at radius 3 is 2.73 bits per heavy atom. The van der Waals surface area contributed by atoms with Crippen LogP contribution in [0.1, 0.15) is 17.5 Å². The third kappa shape index (κ3) is 1.50. The van der Waals surface area contributed by atoms with E-state index >= 15 is 0 Å². The monoisotopic (exact) mass is 199 g/mol. The third-order valence-electron chi connectivity index (χ3n) is 2.61. The lowest BCUT2D eigenvalue weighted by Gasteiger charge is -2.01. The van der Waals surface area contributed by atoms with E-state index in [1.807, 2.05) is 24.3 Å². The summed E-state index contributed by atoms with van der Waals surface area (Å²) in [6.45, 7) is 0. The zero-order valence-corrected chi connectivity index (χ0v) is 8.03. The van der Waals surface area contributed by atoms with Crippen LogP contribution in [0.25, 0.3) is 5.57 Å². The number of nitriles is 1. The average molecular weight is 199 g/mol. The predicted molar refractivity (Wildman–Crippen MR) is 54.9 cm³/mol. The predicted octanol–water partition coefficient (Wildman–Crippen LogP) is 1.99. The average Bonchev–Trinajstić information content (AvgIpc) is 2.63. The summed E-state index contributed by atoms with van der Waals surface area (Å²) in [5.41, 5.74) is 2.58. The molecule has 74 valence electrons. The van der Waals surface area contributed by atoms with E-state index in [0.29, 0.717) is 12.0 Å². The van der Waals surface area contributed by atoms with Crippen LogP contribution >= 0.6 is 0 Å². The van der Waals surface area contributed by atoms with Crippen molar-refractivity contribution < 1.29 is 9.90 Å². The van der Waals surface area contributed by atoms with Gasteiger partial charge in [0, 0.05) is 0 Å². The topological polar surface area (TPSA) is 61.1 Å². The van der Waals surface area contributed by atoms with Gasteiger partial charge in [0.05, 0.1) is 0 Å². The normalized spacial score (nSPS) is 16.7. The number of benzene rings is 1. The number of hydrogen-bond donors (Lipinski definition) is 1. The number of allylic oxidation sites excluding steroid dienone is 1. The fourth-order valence-electron chi connectivity index (χ4n) is 1.93. The molecule has 1 aromatic carbocycles. The molecule has 0 bridgehead atoms. The van der Waals surface area contributed by atoms with E-state index in [1.165, 1.54) is 0 Å². The Morgan fingerprint density at radius 1 is 1.33 bits per heavy atom. The van der Waals surface area contributed by atoms with Crippen molar-refractivity contribution in [3.63, 3.8) is 0 Å². The van der Waals surface area contributed by atoms with Gasteiger partial charge in [-0.25, -0.2) is 4.79 Å². The highest BCUT2D eigenvalue weighted by Crippen LogP contribution is 2.34. The summed E-state index contributed by atoms with van der Waals surface area (Å²) in [7, 11) is 0. The van der Waals surface area contributed by atoms with Gasteiger partial charge in [-0.15, -0.1) is 0 Å². The summed E-state index contributed by atoms with van der Waals surface area (Å²) < 4.78 is 0. The number of carboxylic acids is 1. The van der Waals surface area contributed by atoms with E-state index in [0.717, 1.165) is 17.5 Å². The molecule has 0 fully saturated rings. The van der Waals surface area contributed by atoms with E-state index in [9.17, 15) is 4.79 Å². The van der Waals surface area contributed by atoms with Gasteiger partial charge in [-0.05, 0) is 29.5 Å². The van der Waals surface area contributed by atoms with Gasteiger partial charge in [0.2, 0.25) is 0 Å². The first kappa shape index (κ1) is 9.47. The van der Waals surface area contributed by atoms with Gasteiger partial charge in [0.25, 0.3) is 0 Å². The summed E-state index contributed by atoms with van der Waals surface area (Å²) in [6, 6.07) is 9.40. The minimum absolute atomic E-state index is 0.125. The van der Waals surface area contributed by atoms with Crippen molar-refractivity contribution in [2.45, 2.75) is 12.8 Å². The molecule has 3 nitrogen and oxygen atoms in total. The van der Waals surface area contributed by atoms with Gasteiger partial charge in [-0.3, -0.25) is 0 Å². The van der Waals surface area contributed by atoms with Crippen LogP contribution in [0.15, 0.2) is 29.8 Å². The van der Waals surface area contributed by atoms with Crippen molar-refractivity contribution in [3.8, 4) is 6.07 Å². The molecule has 0 radical (unpaired) electrons. The third-order valence-corrected chi connectivity index (χ3v) is 2.61. The highest BCUT2D eigenvalue weighted by molar-refractivity contribution is 6.01. The Kier molecular flexibility index (Phi) is 2.26. The lowest BCUT2D eigenvalue weighted by Crippen LogP contribution is -2.00. The molecule has 0 aromatic heterocycles. The molecule has 0 unspecified atom stereocenters. The molecule has 15 heavy (non-hydrogen) atoms. The van der Waals surface area contributed by atoms with Crippen LogP contribution in [-0.4, -0.2) is 11.1 Å². The maximum atomic E-state index is 10.8. The molecule has 2 rings (SSSR count). The van der Waals surface area contributed by atoms with Crippen molar-refractivity contribution >= 4 is 11.5 Å². The minimum atomic E-state index is -1.13. The largest absolute Gasteiger partial charge is 0.477 e. The van der Waals surface area contributed by atoms with Crippen LogP contribution in [0.2, 0.25) is 0 Å². The standard InChI is InChI=1S/C12H9NO2/c13-7-11(12(14)15)10-6-5-8-3-1-2-4-9(8)10/h1-4H,5-6H2,(H,14,15)/b11-10-. The van der Waals surface area contributed by atoms with Crippen molar-refractivity contribution in [1.82, 2.24) is 0 Å². The molecule has 0 saturated carbocycles. The molecular formula is C12H9NO2. The first-order chi connectivity index (χ1) is 7.24. The number of aliphatic carboxylic acids is 1. The first-order valence-electron chi connectivity index (χ1n) is 4.69. The summed E-state index contributed by atoms with van der Waals surface area (Å²) in [5.74, 6) is -1.13. The number of carboxylic acid groups (broad SMARTS) is 1. The maximum Gasteiger partial charge on any atom is 0.346 e. The second-order valence-corrected chi connectivity index (χ2v) is 3.43. The number of hydrogen-bond acceptors (Lipinski definition) is 2. The van der Waals surface area contributed by atoms with E-state index in [4.69, 9.17) is 10.4 Å². The van der Waals surface area contributed by atoms with Crippen molar-refractivity contribution in [2.75, 3.05) is 0 Å². The molecule has 1 aromatic rings. The van der Waals surface area contributed by atoms with Gasteiger partial charge in [-0.1, -0.05) is 24.3 Å². The Bertz CT molecular complexity index is 495. The Balaban J connectivity index is 2.61. The summed E-state index contributed by atoms with van der Waals surface area (Å²) in [6.07, 6.45) is 1.47. The molecule has 0 saturated heterocycles. The fraction of sp³-hybridized carbons (Fsp3) is 0.167. The zero-order chi connectivity index (χ0) is 10.8. The number of rotatable bonds is 1. The molecule has 1 N–H and O–H groups in total. The summed E-state index contributed by atoms with van der Waals surface area (Å²) >= 11 is 0. The number of aryl methyl sites for hydroxylation is 1. The van der Waals surface area contributed by atoms with E-state index in [1.54, 1.807) is 6.07 Å². The van der Waals surface area contributed by atoms with Gasteiger partial charge in [-0.2, -0.15) is 5.26 Å². The highest BCUT2D eigenvalue weighted by Gasteiger charge is 2.22. The molecule has 0 spiro atoms. The van der Waals surface area contributed by atoms with Crippen LogP contribution in [0.3, 0.4) is 0 Å². The Morgan fingerprint density at radius 2 is 2.07 bits per heavy atom. The molecular weight excluding hydrogens is 190 g/mol. The van der Waals surface area contributed by atoms with E-state index in [2.05, 4.69) is 0 Å².